The van der Waals surface area contributed by atoms with Gasteiger partial charge in [-0.15, -0.1) is 0 Å². The largest absolute Gasteiger partial charge is 0.356 e. The fourth-order valence-corrected chi connectivity index (χ4v) is 5.54. The van der Waals surface area contributed by atoms with Gasteiger partial charge in [-0.25, -0.2) is 0 Å². The van der Waals surface area contributed by atoms with Crippen LogP contribution in [0.15, 0.2) is 30.3 Å². The molecule has 4 amide bonds. The fraction of sp³-hybridized carbons (Fsp3) is 0.633. The quantitative estimate of drug-likeness (QED) is 0.304. The standard InChI is InChI=1S/C16H21N3O3.C14H22N2O2/c1-17-13(9-12-7-8-18-15(12)21)14(20)16(22)19-10-11-5-3-2-4-6-11;1-9(2)11(12(17)16-5-3-4-6-16)15-13(18)14-7-10(14)8-14/h2-6,12-13,17H,7-10H2,1H3,(H,18,21)(H,19,22);9-11H,3-8H2,1-2H3,(H,15,18). The Labute approximate surface area is 236 Å². The summed E-state index contributed by atoms with van der Waals surface area (Å²) in [6, 6.07) is 8.43. The Morgan fingerprint density at radius 1 is 1.07 bits per heavy atom. The lowest BCUT2D eigenvalue weighted by molar-refractivity contribution is -0.139. The molecule has 5 rings (SSSR count). The number of carbonyl (C=O) groups is 5. The highest BCUT2D eigenvalue weighted by molar-refractivity contribution is 6.38. The van der Waals surface area contributed by atoms with E-state index in [4.69, 9.17) is 0 Å². The van der Waals surface area contributed by atoms with E-state index in [0.29, 0.717) is 31.8 Å². The molecule has 0 bridgehead atoms. The molecule has 40 heavy (non-hydrogen) atoms. The van der Waals surface area contributed by atoms with E-state index in [2.05, 4.69) is 21.3 Å². The Morgan fingerprint density at radius 2 is 1.73 bits per heavy atom. The number of ketones is 1. The lowest BCUT2D eigenvalue weighted by atomic mass is 9.95. The maximum absolute atomic E-state index is 12.4. The molecule has 4 fully saturated rings. The molecule has 2 saturated carbocycles. The zero-order valence-electron chi connectivity index (χ0n) is 23.8. The number of hydrogen-bond donors (Lipinski definition) is 4. The van der Waals surface area contributed by atoms with Gasteiger partial charge in [0.15, 0.2) is 0 Å². The first kappa shape index (κ1) is 29.7. The molecular weight excluding hydrogens is 510 g/mol. The molecule has 0 aromatic heterocycles. The first-order chi connectivity index (χ1) is 19.2. The molecule has 218 valence electrons. The van der Waals surface area contributed by atoms with Gasteiger partial charge in [0.2, 0.25) is 23.5 Å². The number of carbonyl (C=O) groups excluding carboxylic acids is 5. The summed E-state index contributed by atoms with van der Waals surface area (Å²) in [4.78, 5) is 62.2. The number of fused-ring (bicyclic) bond motifs is 1. The predicted octanol–water partition coefficient (Wildman–Crippen LogP) is 1.15. The third-order valence-electron chi connectivity index (χ3n) is 8.64. The minimum Gasteiger partial charge on any atom is -0.356 e. The van der Waals surface area contributed by atoms with Crippen molar-refractivity contribution in [2.45, 2.75) is 71.0 Å². The van der Waals surface area contributed by atoms with Crippen LogP contribution in [-0.2, 0) is 30.5 Å². The summed E-state index contributed by atoms with van der Waals surface area (Å²) in [6.07, 6.45) is 5.33. The van der Waals surface area contributed by atoms with Crippen molar-refractivity contribution in [1.82, 2.24) is 26.2 Å². The van der Waals surface area contributed by atoms with Gasteiger partial charge in [0.05, 0.1) is 11.5 Å². The molecule has 2 saturated heterocycles. The van der Waals surface area contributed by atoms with Crippen molar-refractivity contribution < 1.29 is 24.0 Å². The van der Waals surface area contributed by atoms with Crippen LogP contribution in [0.1, 0.15) is 57.9 Å². The van der Waals surface area contributed by atoms with Crippen molar-refractivity contribution in [1.29, 1.82) is 0 Å². The van der Waals surface area contributed by atoms with E-state index in [1.54, 1.807) is 7.05 Å². The molecule has 1 aromatic carbocycles. The molecule has 3 atom stereocenters. The lowest BCUT2D eigenvalue weighted by Crippen LogP contribution is -2.51. The van der Waals surface area contributed by atoms with Crippen LogP contribution < -0.4 is 21.3 Å². The Hall–Kier alpha value is -3.27. The van der Waals surface area contributed by atoms with E-state index < -0.39 is 17.7 Å². The summed E-state index contributed by atoms with van der Waals surface area (Å²) < 4.78 is 0. The van der Waals surface area contributed by atoms with Crippen molar-refractivity contribution in [3.05, 3.63) is 35.9 Å². The Kier molecular flexibility index (Phi) is 9.60. The summed E-state index contributed by atoms with van der Waals surface area (Å²) in [5.41, 5.74) is 0.887. The van der Waals surface area contributed by atoms with Gasteiger partial charge in [0, 0.05) is 32.1 Å². The van der Waals surface area contributed by atoms with E-state index in [0.717, 1.165) is 44.3 Å². The number of likely N-dealkylation sites (tertiary alicyclic amines) is 1. The summed E-state index contributed by atoms with van der Waals surface area (Å²) >= 11 is 0. The highest BCUT2D eigenvalue weighted by Gasteiger charge is 2.74. The van der Waals surface area contributed by atoms with E-state index in [1.807, 2.05) is 49.1 Å². The van der Waals surface area contributed by atoms with Crippen LogP contribution in [0.5, 0.6) is 0 Å². The SMILES string of the molecule is CC(C)C(NC(=O)C12CC1C2)C(=O)N1CCCC1.CNC(CC1CCNC1=O)C(=O)C(=O)NCc1ccccc1. The van der Waals surface area contributed by atoms with E-state index in [9.17, 15) is 24.0 Å². The smallest absolute Gasteiger partial charge is 0.289 e. The number of benzene rings is 1. The van der Waals surface area contributed by atoms with Gasteiger partial charge in [0.25, 0.3) is 5.91 Å². The maximum atomic E-state index is 12.4. The Bertz CT molecular complexity index is 1090. The second-order valence-corrected chi connectivity index (χ2v) is 11.9. The molecule has 4 aliphatic rings. The van der Waals surface area contributed by atoms with Crippen LogP contribution in [0.4, 0.5) is 0 Å². The monoisotopic (exact) mass is 553 g/mol. The lowest BCUT2D eigenvalue weighted by Gasteiger charge is -2.27. The minimum absolute atomic E-state index is 0.0432. The van der Waals surface area contributed by atoms with Crippen molar-refractivity contribution >= 4 is 29.4 Å². The molecule has 2 aliphatic carbocycles. The zero-order valence-corrected chi connectivity index (χ0v) is 23.8. The van der Waals surface area contributed by atoms with Gasteiger partial charge in [-0.05, 0) is 63.0 Å². The van der Waals surface area contributed by atoms with Crippen molar-refractivity contribution in [3.8, 4) is 0 Å². The molecule has 2 aliphatic heterocycles. The molecule has 1 aromatic rings. The first-order valence-electron chi connectivity index (χ1n) is 14.6. The normalized spacial score (nSPS) is 25.6. The van der Waals surface area contributed by atoms with E-state index in [-0.39, 0.29) is 41.0 Å². The number of nitrogens with one attached hydrogen (secondary N) is 4. The second-order valence-electron chi connectivity index (χ2n) is 11.9. The zero-order chi connectivity index (χ0) is 28.9. The number of Topliss-reactive ketones (excluding diaryl/α,β-unsaturated/α-hetero) is 1. The van der Waals surface area contributed by atoms with Gasteiger partial charge >= 0.3 is 0 Å². The Morgan fingerprint density at radius 3 is 2.25 bits per heavy atom. The summed E-state index contributed by atoms with van der Waals surface area (Å²) in [5.74, 6) is -0.369. The number of likely N-dealkylation sites (N-methyl/N-ethyl adjacent to an activating group) is 1. The fourth-order valence-electron chi connectivity index (χ4n) is 5.54. The topological polar surface area (TPSA) is 137 Å². The highest BCUT2D eigenvalue weighted by atomic mass is 16.2. The molecule has 0 spiro atoms. The first-order valence-corrected chi connectivity index (χ1v) is 14.6. The molecule has 2 heterocycles. The molecule has 10 heteroatoms. The minimum atomic E-state index is -0.635. The number of rotatable bonds is 11. The van der Waals surface area contributed by atoms with E-state index >= 15 is 0 Å². The third kappa shape index (κ3) is 7.08. The van der Waals surface area contributed by atoms with Crippen molar-refractivity contribution in [2.75, 3.05) is 26.7 Å². The van der Waals surface area contributed by atoms with Crippen LogP contribution in [0, 0.1) is 23.2 Å². The summed E-state index contributed by atoms with van der Waals surface area (Å²) in [6.45, 7) is 6.67. The highest BCUT2D eigenvalue weighted by Crippen LogP contribution is 2.75. The van der Waals surface area contributed by atoms with Crippen molar-refractivity contribution in [2.24, 2.45) is 23.2 Å². The van der Waals surface area contributed by atoms with Gasteiger partial charge in [0.1, 0.15) is 6.04 Å². The summed E-state index contributed by atoms with van der Waals surface area (Å²) in [7, 11) is 1.62. The maximum Gasteiger partial charge on any atom is 0.289 e. The van der Waals surface area contributed by atoms with Crippen LogP contribution in [0.2, 0.25) is 0 Å². The van der Waals surface area contributed by atoms with Crippen LogP contribution in [0.25, 0.3) is 0 Å². The number of nitrogens with zero attached hydrogens (tertiary/aromatic N) is 1. The van der Waals surface area contributed by atoms with Gasteiger partial charge in [-0.3, -0.25) is 24.0 Å². The van der Waals surface area contributed by atoms with Crippen LogP contribution in [-0.4, -0.2) is 73.1 Å². The molecular formula is C30H43N5O5. The van der Waals surface area contributed by atoms with Crippen LogP contribution in [0.3, 0.4) is 0 Å². The molecule has 4 N–H and O–H groups in total. The predicted molar refractivity (Wildman–Crippen MR) is 150 cm³/mol. The van der Waals surface area contributed by atoms with Gasteiger partial charge in [-0.1, -0.05) is 44.2 Å². The average molecular weight is 554 g/mol. The number of amides is 4. The van der Waals surface area contributed by atoms with E-state index in [1.165, 1.54) is 0 Å². The Balaban J connectivity index is 0.000000188. The molecule has 0 radical (unpaired) electrons. The van der Waals surface area contributed by atoms with Gasteiger partial charge < -0.3 is 26.2 Å². The van der Waals surface area contributed by atoms with Gasteiger partial charge in [-0.2, -0.15) is 0 Å². The number of hydrogen-bond acceptors (Lipinski definition) is 6. The molecule has 10 nitrogen and oxygen atoms in total. The summed E-state index contributed by atoms with van der Waals surface area (Å²) in [5, 5.41) is 11.2. The molecule has 3 unspecified atom stereocenters. The van der Waals surface area contributed by atoms with Crippen LogP contribution >= 0.6 is 0 Å². The second kappa shape index (κ2) is 12.9. The van der Waals surface area contributed by atoms with Crippen molar-refractivity contribution in [3.63, 3.8) is 0 Å². The third-order valence-corrected chi connectivity index (χ3v) is 8.64. The average Bonchev–Trinajstić information content (AvgIpc) is 3.67.